The van der Waals surface area contributed by atoms with Crippen molar-refractivity contribution < 1.29 is 4.79 Å². The summed E-state index contributed by atoms with van der Waals surface area (Å²) in [5.41, 5.74) is 3.15. The summed E-state index contributed by atoms with van der Waals surface area (Å²) in [6.45, 7) is 2.44. The fourth-order valence-electron chi connectivity index (χ4n) is 2.55. The number of rotatable bonds is 5. The molecule has 1 aromatic heterocycles. The number of benzene rings is 2. The van der Waals surface area contributed by atoms with Crippen molar-refractivity contribution in [3.05, 3.63) is 82.8 Å². The minimum absolute atomic E-state index is 0.165. The van der Waals surface area contributed by atoms with Crippen LogP contribution in [0.1, 0.15) is 21.6 Å². The van der Waals surface area contributed by atoms with Crippen LogP contribution in [0.15, 0.2) is 60.9 Å². The average Bonchev–Trinajstić information content (AvgIpc) is 2.66. The van der Waals surface area contributed by atoms with E-state index in [2.05, 4.69) is 15.3 Å². The molecule has 0 unspecified atom stereocenters. The number of carbonyl (C=O) groups is 1. The Hall–Kier alpha value is -2.92. The van der Waals surface area contributed by atoms with E-state index >= 15 is 0 Å². The van der Waals surface area contributed by atoms with Crippen LogP contribution in [0, 0.1) is 6.92 Å². The van der Waals surface area contributed by atoms with Gasteiger partial charge in [-0.2, -0.15) is 0 Å². The number of anilines is 2. The molecule has 5 nitrogen and oxygen atoms in total. The molecule has 1 N–H and O–H groups in total. The lowest BCUT2D eigenvalue weighted by Gasteiger charge is -2.17. The van der Waals surface area contributed by atoms with Crippen molar-refractivity contribution in [3.63, 3.8) is 0 Å². The van der Waals surface area contributed by atoms with Crippen LogP contribution < -0.4 is 5.32 Å². The fraction of sp³-hybridized carbons (Fsp3) is 0.150. The van der Waals surface area contributed by atoms with Gasteiger partial charge >= 0.3 is 0 Å². The molecule has 0 saturated carbocycles. The SMILES string of the molecule is Cc1c(Cl)cccc1Nc1cc(C(=O)N(C)Cc2ccccc2)ncn1. The van der Waals surface area contributed by atoms with E-state index in [1.807, 2.05) is 55.5 Å². The highest BCUT2D eigenvalue weighted by Crippen LogP contribution is 2.25. The number of halogens is 1. The second-order valence-electron chi connectivity index (χ2n) is 5.97. The molecule has 1 amide bonds. The van der Waals surface area contributed by atoms with Crippen LogP contribution in [0.5, 0.6) is 0 Å². The largest absolute Gasteiger partial charge is 0.340 e. The second kappa shape index (κ2) is 7.97. The summed E-state index contributed by atoms with van der Waals surface area (Å²) < 4.78 is 0. The molecule has 0 saturated heterocycles. The maximum Gasteiger partial charge on any atom is 0.272 e. The van der Waals surface area contributed by atoms with Gasteiger partial charge in [-0.3, -0.25) is 4.79 Å². The molecule has 0 aliphatic heterocycles. The lowest BCUT2D eigenvalue weighted by molar-refractivity contribution is 0.0779. The lowest BCUT2D eigenvalue weighted by atomic mass is 10.2. The maximum atomic E-state index is 12.7. The quantitative estimate of drug-likeness (QED) is 0.724. The molecule has 0 aliphatic rings. The Labute approximate surface area is 157 Å². The Morgan fingerprint density at radius 2 is 1.88 bits per heavy atom. The first kappa shape index (κ1) is 17.9. The van der Waals surface area contributed by atoms with Crippen molar-refractivity contribution in [1.82, 2.24) is 14.9 Å². The number of aromatic nitrogens is 2. The second-order valence-corrected chi connectivity index (χ2v) is 6.38. The zero-order chi connectivity index (χ0) is 18.5. The van der Waals surface area contributed by atoms with Gasteiger partial charge in [0.15, 0.2) is 0 Å². The Bertz CT molecular complexity index is 915. The smallest absolute Gasteiger partial charge is 0.272 e. The Morgan fingerprint density at radius 3 is 2.65 bits per heavy atom. The number of amides is 1. The third-order valence-corrected chi connectivity index (χ3v) is 4.44. The molecule has 1 heterocycles. The highest BCUT2D eigenvalue weighted by Gasteiger charge is 2.15. The molecule has 0 aliphatic carbocycles. The molecule has 6 heteroatoms. The van der Waals surface area contributed by atoms with Crippen LogP contribution in [-0.4, -0.2) is 27.8 Å². The summed E-state index contributed by atoms with van der Waals surface area (Å²) in [5.74, 6) is 0.379. The van der Waals surface area contributed by atoms with Gasteiger partial charge in [-0.25, -0.2) is 9.97 Å². The first-order valence-corrected chi connectivity index (χ1v) is 8.56. The van der Waals surface area contributed by atoms with Crippen LogP contribution in [0.4, 0.5) is 11.5 Å². The van der Waals surface area contributed by atoms with Gasteiger partial charge < -0.3 is 10.2 Å². The first-order valence-electron chi connectivity index (χ1n) is 8.18. The normalized spacial score (nSPS) is 10.4. The van der Waals surface area contributed by atoms with Crippen LogP contribution in [0.3, 0.4) is 0 Å². The van der Waals surface area contributed by atoms with E-state index in [1.54, 1.807) is 18.0 Å². The molecule has 0 atom stereocenters. The Morgan fingerprint density at radius 1 is 1.12 bits per heavy atom. The Kier molecular flexibility index (Phi) is 5.49. The van der Waals surface area contributed by atoms with E-state index in [0.717, 1.165) is 16.8 Å². The van der Waals surface area contributed by atoms with Gasteiger partial charge in [0.1, 0.15) is 17.8 Å². The maximum absolute atomic E-state index is 12.7. The number of nitrogens with zero attached hydrogens (tertiary/aromatic N) is 3. The van der Waals surface area contributed by atoms with Crippen LogP contribution in [-0.2, 0) is 6.54 Å². The summed E-state index contributed by atoms with van der Waals surface area (Å²) in [7, 11) is 1.76. The molecule has 3 aromatic rings. The standard InChI is InChI=1S/C20H19ClN4O/c1-14-16(21)9-6-10-17(14)24-19-11-18(22-13-23-19)20(26)25(2)12-15-7-4-3-5-8-15/h3-11,13H,12H2,1-2H3,(H,22,23,24). The van der Waals surface area contributed by atoms with Gasteiger partial charge in [0, 0.05) is 30.4 Å². The Balaban J connectivity index is 1.76. The van der Waals surface area contributed by atoms with Gasteiger partial charge in [-0.05, 0) is 30.2 Å². The molecule has 3 rings (SSSR count). The van der Waals surface area contributed by atoms with Gasteiger partial charge in [0.25, 0.3) is 5.91 Å². The summed E-state index contributed by atoms with van der Waals surface area (Å²) >= 11 is 6.15. The highest BCUT2D eigenvalue weighted by molar-refractivity contribution is 6.31. The number of hydrogen-bond donors (Lipinski definition) is 1. The van der Waals surface area contributed by atoms with Crippen molar-refractivity contribution in [3.8, 4) is 0 Å². The molecule has 2 aromatic carbocycles. The average molecular weight is 367 g/mol. The summed E-state index contributed by atoms with van der Waals surface area (Å²) in [5, 5.41) is 3.86. The van der Waals surface area contributed by atoms with Crippen molar-refractivity contribution in [2.45, 2.75) is 13.5 Å². The summed E-state index contributed by atoms with van der Waals surface area (Å²) in [4.78, 5) is 22.6. The zero-order valence-corrected chi connectivity index (χ0v) is 15.4. The van der Waals surface area contributed by atoms with E-state index in [1.165, 1.54) is 6.33 Å². The third-order valence-electron chi connectivity index (χ3n) is 4.03. The van der Waals surface area contributed by atoms with E-state index in [-0.39, 0.29) is 5.91 Å². The monoisotopic (exact) mass is 366 g/mol. The first-order chi connectivity index (χ1) is 12.5. The fourth-order valence-corrected chi connectivity index (χ4v) is 2.72. The molecule has 26 heavy (non-hydrogen) atoms. The van der Waals surface area contributed by atoms with Crippen molar-refractivity contribution in [2.24, 2.45) is 0 Å². The molecular formula is C20H19ClN4O. The lowest BCUT2D eigenvalue weighted by Crippen LogP contribution is -2.27. The predicted octanol–water partition coefficient (Wildman–Crippen LogP) is 4.45. The highest BCUT2D eigenvalue weighted by atomic mass is 35.5. The molecule has 0 fully saturated rings. The predicted molar refractivity (Wildman–Crippen MR) is 104 cm³/mol. The van der Waals surface area contributed by atoms with Crippen molar-refractivity contribution in [1.29, 1.82) is 0 Å². The third kappa shape index (κ3) is 4.18. The van der Waals surface area contributed by atoms with Crippen LogP contribution in [0.25, 0.3) is 0 Å². The van der Waals surface area contributed by atoms with E-state index in [0.29, 0.717) is 23.1 Å². The van der Waals surface area contributed by atoms with Gasteiger partial charge in [-0.1, -0.05) is 48.0 Å². The van der Waals surface area contributed by atoms with E-state index in [4.69, 9.17) is 11.6 Å². The van der Waals surface area contributed by atoms with Crippen LogP contribution >= 0.6 is 11.6 Å². The minimum atomic E-state index is -0.165. The van der Waals surface area contributed by atoms with E-state index < -0.39 is 0 Å². The van der Waals surface area contributed by atoms with Crippen LogP contribution in [0.2, 0.25) is 5.02 Å². The minimum Gasteiger partial charge on any atom is -0.340 e. The van der Waals surface area contributed by atoms with E-state index in [9.17, 15) is 4.79 Å². The molecule has 0 bridgehead atoms. The molecule has 0 spiro atoms. The van der Waals surface area contributed by atoms with Crippen molar-refractivity contribution >= 4 is 29.0 Å². The number of carbonyl (C=O) groups excluding carboxylic acids is 1. The molecule has 0 radical (unpaired) electrons. The molecular weight excluding hydrogens is 348 g/mol. The van der Waals surface area contributed by atoms with Gasteiger partial charge in [0.05, 0.1) is 0 Å². The number of hydrogen-bond acceptors (Lipinski definition) is 4. The molecule has 132 valence electrons. The van der Waals surface area contributed by atoms with Crippen molar-refractivity contribution in [2.75, 3.05) is 12.4 Å². The summed E-state index contributed by atoms with van der Waals surface area (Å²) in [6, 6.07) is 17.1. The topological polar surface area (TPSA) is 58.1 Å². The number of nitrogens with one attached hydrogen (secondary N) is 1. The van der Waals surface area contributed by atoms with Gasteiger partial charge in [-0.15, -0.1) is 0 Å². The summed E-state index contributed by atoms with van der Waals surface area (Å²) in [6.07, 6.45) is 1.38. The van der Waals surface area contributed by atoms with Gasteiger partial charge in [0.2, 0.25) is 0 Å². The zero-order valence-electron chi connectivity index (χ0n) is 14.6.